The number of ether oxygens (including phenoxy) is 2. The number of aryl methyl sites for hydroxylation is 1. The standard InChI is InChI=1S/C22H19N3O4S/c1-13-4-6-14(7-5-13)10-17-20(26)23-22-25(24-17)21(27)19(30-22)12-15-11-16(28-2)8-9-18(15)29-3/h4-9,11-12H,10H2,1-3H3/b19-12+. The minimum absolute atomic E-state index is 0.233. The summed E-state index contributed by atoms with van der Waals surface area (Å²) in [6.07, 6.45) is 2.00. The van der Waals surface area contributed by atoms with Crippen LogP contribution < -0.4 is 25.1 Å². The lowest BCUT2D eigenvalue weighted by atomic mass is 10.1. The van der Waals surface area contributed by atoms with Crippen LogP contribution in [0.5, 0.6) is 11.5 Å². The Labute approximate surface area is 175 Å². The Morgan fingerprint density at radius 3 is 2.53 bits per heavy atom. The van der Waals surface area contributed by atoms with Crippen molar-refractivity contribution in [3.8, 4) is 11.5 Å². The summed E-state index contributed by atoms with van der Waals surface area (Å²) in [4.78, 5) is 29.7. The molecule has 0 radical (unpaired) electrons. The third-order valence-electron chi connectivity index (χ3n) is 4.67. The summed E-state index contributed by atoms with van der Waals surface area (Å²) >= 11 is 1.11. The number of hydrogen-bond acceptors (Lipinski definition) is 7. The van der Waals surface area contributed by atoms with Gasteiger partial charge in [0.25, 0.3) is 11.1 Å². The lowest BCUT2D eigenvalue weighted by Gasteiger charge is -2.06. The Balaban J connectivity index is 1.82. The zero-order chi connectivity index (χ0) is 21.3. The molecule has 2 heterocycles. The molecule has 8 heteroatoms. The molecule has 2 aromatic heterocycles. The molecule has 0 saturated heterocycles. The zero-order valence-electron chi connectivity index (χ0n) is 16.7. The van der Waals surface area contributed by atoms with Crippen LogP contribution in [-0.4, -0.2) is 28.8 Å². The largest absolute Gasteiger partial charge is 0.497 e. The molecule has 152 valence electrons. The number of rotatable bonds is 5. The first-order valence-electron chi connectivity index (χ1n) is 9.20. The Hall–Kier alpha value is -3.52. The van der Waals surface area contributed by atoms with Crippen molar-refractivity contribution < 1.29 is 9.47 Å². The van der Waals surface area contributed by atoms with E-state index < -0.39 is 5.56 Å². The topological polar surface area (TPSA) is 82.8 Å². The highest BCUT2D eigenvalue weighted by Gasteiger charge is 2.12. The van der Waals surface area contributed by atoms with Crippen molar-refractivity contribution in [2.75, 3.05) is 14.2 Å². The van der Waals surface area contributed by atoms with Crippen LogP contribution in [0.3, 0.4) is 0 Å². The maximum atomic E-state index is 12.9. The van der Waals surface area contributed by atoms with Gasteiger partial charge >= 0.3 is 0 Å². The first-order valence-corrected chi connectivity index (χ1v) is 10.0. The van der Waals surface area contributed by atoms with Crippen LogP contribution in [0.4, 0.5) is 0 Å². The molecule has 0 aliphatic rings. The monoisotopic (exact) mass is 421 g/mol. The Morgan fingerprint density at radius 2 is 1.83 bits per heavy atom. The van der Waals surface area contributed by atoms with E-state index in [9.17, 15) is 9.59 Å². The molecule has 0 N–H and O–H groups in total. The first kappa shape index (κ1) is 19.8. The number of fused-ring (bicyclic) bond motifs is 1. The van der Waals surface area contributed by atoms with Gasteiger partial charge in [-0.2, -0.15) is 14.6 Å². The third-order valence-corrected chi connectivity index (χ3v) is 5.63. The molecular formula is C22H19N3O4S. The number of thiazole rings is 1. The van der Waals surface area contributed by atoms with Gasteiger partial charge in [-0.1, -0.05) is 41.2 Å². The number of methoxy groups -OCH3 is 2. The average Bonchev–Trinajstić information content (AvgIpc) is 3.04. The quantitative estimate of drug-likeness (QED) is 0.490. The van der Waals surface area contributed by atoms with E-state index in [4.69, 9.17) is 9.47 Å². The fourth-order valence-electron chi connectivity index (χ4n) is 3.04. The van der Waals surface area contributed by atoms with Crippen LogP contribution in [0.1, 0.15) is 22.4 Å². The van der Waals surface area contributed by atoms with Gasteiger partial charge in [0.1, 0.15) is 17.2 Å². The summed E-state index contributed by atoms with van der Waals surface area (Å²) in [6.45, 7) is 1.99. The molecule has 0 amide bonds. The smallest absolute Gasteiger partial charge is 0.296 e. The number of hydrogen-bond donors (Lipinski definition) is 0. The van der Waals surface area contributed by atoms with Crippen molar-refractivity contribution in [3.05, 3.63) is 90.1 Å². The van der Waals surface area contributed by atoms with Gasteiger partial charge in [0.15, 0.2) is 0 Å². The SMILES string of the molecule is COc1ccc(OC)c(/C=c2/sc3nc(=O)c(Cc4ccc(C)cc4)nn3c2=O)c1. The highest BCUT2D eigenvalue weighted by Crippen LogP contribution is 2.24. The minimum atomic E-state index is -0.428. The molecule has 30 heavy (non-hydrogen) atoms. The number of benzene rings is 2. The van der Waals surface area contributed by atoms with Crippen LogP contribution in [0.25, 0.3) is 11.0 Å². The Kier molecular flexibility index (Phi) is 5.33. The predicted molar refractivity (Wildman–Crippen MR) is 116 cm³/mol. The van der Waals surface area contributed by atoms with E-state index >= 15 is 0 Å². The van der Waals surface area contributed by atoms with Crippen molar-refractivity contribution in [2.45, 2.75) is 13.3 Å². The zero-order valence-corrected chi connectivity index (χ0v) is 17.5. The molecule has 0 spiro atoms. The van der Waals surface area contributed by atoms with Gasteiger partial charge in [-0.25, -0.2) is 0 Å². The summed E-state index contributed by atoms with van der Waals surface area (Å²) in [7, 11) is 3.13. The molecule has 7 nitrogen and oxygen atoms in total. The molecule has 4 aromatic rings. The molecule has 4 rings (SSSR count). The van der Waals surface area contributed by atoms with E-state index in [1.54, 1.807) is 38.5 Å². The van der Waals surface area contributed by atoms with Crippen molar-refractivity contribution in [1.29, 1.82) is 0 Å². The molecule has 0 aliphatic carbocycles. The lowest BCUT2D eigenvalue weighted by molar-refractivity contribution is 0.402. The van der Waals surface area contributed by atoms with Gasteiger partial charge in [-0.05, 0) is 36.8 Å². The highest BCUT2D eigenvalue weighted by atomic mass is 32.1. The third kappa shape index (κ3) is 3.81. The second-order valence-electron chi connectivity index (χ2n) is 6.74. The van der Waals surface area contributed by atoms with Crippen LogP contribution in [0, 0.1) is 6.92 Å². The molecule has 0 bridgehead atoms. The van der Waals surface area contributed by atoms with Gasteiger partial charge in [0.2, 0.25) is 4.96 Å². The molecule has 0 fully saturated rings. The fraction of sp³-hybridized carbons (Fsp3) is 0.182. The first-order chi connectivity index (χ1) is 14.5. The predicted octanol–water partition coefficient (Wildman–Crippen LogP) is 1.98. The van der Waals surface area contributed by atoms with Crippen molar-refractivity contribution >= 4 is 22.4 Å². The molecule has 0 unspecified atom stereocenters. The molecule has 0 saturated carbocycles. The van der Waals surface area contributed by atoms with E-state index in [0.717, 1.165) is 22.5 Å². The van der Waals surface area contributed by atoms with Gasteiger partial charge in [0, 0.05) is 12.0 Å². The number of aromatic nitrogens is 3. The van der Waals surface area contributed by atoms with Gasteiger partial charge in [-0.15, -0.1) is 0 Å². The molecule has 2 aromatic carbocycles. The number of nitrogens with zero attached hydrogens (tertiary/aromatic N) is 3. The van der Waals surface area contributed by atoms with Crippen LogP contribution >= 0.6 is 11.3 Å². The van der Waals surface area contributed by atoms with Crippen molar-refractivity contribution in [3.63, 3.8) is 0 Å². The lowest BCUT2D eigenvalue weighted by Crippen LogP contribution is -2.28. The second-order valence-corrected chi connectivity index (χ2v) is 7.75. The van der Waals surface area contributed by atoms with E-state index in [0.29, 0.717) is 28.0 Å². The van der Waals surface area contributed by atoms with Crippen molar-refractivity contribution in [1.82, 2.24) is 14.6 Å². The van der Waals surface area contributed by atoms with E-state index in [-0.39, 0.29) is 16.2 Å². The van der Waals surface area contributed by atoms with E-state index in [1.807, 2.05) is 31.2 Å². The van der Waals surface area contributed by atoms with E-state index in [1.165, 1.54) is 4.52 Å². The average molecular weight is 421 g/mol. The minimum Gasteiger partial charge on any atom is -0.497 e. The normalized spacial score (nSPS) is 11.8. The van der Waals surface area contributed by atoms with Crippen molar-refractivity contribution in [2.24, 2.45) is 0 Å². The highest BCUT2D eigenvalue weighted by molar-refractivity contribution is 7.15. The van der Waals surface area contributed by atoms with Gasteiger partial charge in [0.05, 0.1) is 18.8 Å². The summed E-state index contributed by atoms with van der Waals surface area (Å²) in [6, 6.07) is 13.1. The van der Waals surface area contributed by atoms with Gasteiger partial charge < -0.3 is 9.47 Å². The second kappa shape index (κ2) is 8.08. The summed E-state index contributed by atoms with van der Waals surface area (Å²) in [5, 5.41) is 4.29. The van der Waals surface area contributed by atoms with Crippen LogP contribution in [0.15, 0.2) is 52.1 Å². The van der Waals surface area contributed by atoms with Gasteiger partial charge in [-0.3, -0.25) is 9.59 Å². The summed E-state index contributed by atoms with van der Waals surface area (Å²) < 4.78 is 12.2. The van der Waals surface area contributed by atoms with E-state index in [2.05, 4.69) is 10.1 Å². The Morgan fingerprint density at radius 1 is 1.07 bits per heavy atom. The Bertz CT molecular complexity index is 1390. The summed E-state index contributed by atoms with van der Waals surface area (Å²) in [5.41, 5.74) is 2.22. The summed E-state index contributed by atoms with van der Waals surface area (Å²) in [5.74, 6) is 1.24. The molecule has 0 atom stereocenters. The van der Waals surface area contributed by atoms with Crippen LogP contribution in [-0.2, 0) is 6.42 Å². The molecular weight excluding hydrogens is 402 g/mol. The maximum absolute atomic E-state index is 12.9. The fourth-order valence-corrected chi connectivity index (χ4v) is 3.94. The molecule has 0 aliphatic heterocycles. The van der Waals surface area contributed by atoms with Crippen LogP contribution in [0.2, 0.25) is 0 Å². The maximum Gasteiger partial charge on any atom is 0.296 e.